The van der Waals surface area contributed by atoms with Gasteiger partial charge in [0.1, 0.15) is 11.2 Å². The van der Waals surface area contributed by atoms with Gasteiger partial charge >= 0.3 is 0 Å². The van der Waals surface area contributed by atoms with E-state index in [4.69, 9.17) is 0 Å². The highest BCUT2D eigenvalue weighted by atomic mass is 32.1. The highest BCUT2D eigenvalue weighted by Gasteiger charge is 2.83. The van der Waals surface area contributed by atoms with Crippen LogP contribution in [0.3, 0.4) is 0 Å². The van der Waals surface area contributed by atoms with Crippen LogP contribution in [0.2, 0.25) is 0 Å². The van der Waals surface area contributed by atoms with Crippen LogP contribution in [0.4, 0.5) is 8.78 Å². The van der Waals surface area contributed by atoms with Crippen molar-refractivity contribution in [3.63, 3.8) is 0 Å². The molecular weight excluding hydrogens is 402 g/mol. The van der Waals surface area contributed by atoms with Crippen molar-refractivity contribution in [2.24, 2.45) is 5.92 Å². The molecule has 0 spiro atoms. The number of nitrogens with zero attached hydrogens (tertiary/aromatic N) is 3. The molecular formula is C23H24F2N4S. The fourth-order valence-corrected chi connectivity index (χ4v) is 7.54. The topological polar surface area (TPSA) is 46.0 Å². The van der Waals surface area contributed by atoms with Gasteiger partial charge in [0.25, 0.3) is 5.92 Å². The minimum absolute atomic E-state index is 0.262. The van der Waals surface area contributed by atoms with Crippen LogP contribution in [-0.2, 0) is 5.41 Å². The number of fused-ring (bicyclic) bond motifs is 3. The molecule has 2 unspecified atom stereocenters. The fourth-order valence-electron chi connectivity index (χ4n) is 6.00. The Balaban J connectivity index is 1.58. The first-order chi connectivity index (χ1) is 14.3. The van der Waals surface area contributed by atoms with Crippen molar-refractivity contribution in [3.05, 3.63) is 40.2 Å². The predicted molar refractivity (Wildman–Crippen MR) is 116 cm³/mol. The summed E-state index contributed by atoms with van der Waals surface area (Å²) in [4.78, 5) is 9.84. The Hall–Kier alpha value is -2.28. The normalized spacial score (nSPS) is 25.0. The van der Waals surface area contributed by atoms with E-state index in [0.717, 1.165) is 49.5 Å². The van der Waals surface area contributed by atoms with Crippen molar-refractivity contribution in [3.8, 4) is 11.3 Å². The number of aryl methyl sites for hydroxylation is 2. The quantitative estimate of drug-likeness (QED) is 0.414. The second-order valence-corrected chi connectivity index (χ2v) is 10.3. The van der Waals surface area contributed by atoms with Gasteiger partial charge in [0.05, 0.1) is 11.1 Å². The number of hydrogen-bond donors (Lipinski definition) is 1. The third kappa shape index (κ3) is 2.04. The lowest BCUT2D eigenvalue weighted by atomic mass is 9.92. The first-order valence-electron chi connectivity index (χ1n) is 10.6. The summed E-state index contributed by atoms with van der Waals surface area (Å²) in [6.07, 6.45) is 5.73. The largest absolute Gasteiger partial charge is 0.346 e. The molecule has 30 heavy (non-hydrogen) atoms. The van der Waals surface area contributed by atoms with E-state index in [9.17, 15) is 8.78 Å². The molecule has 0 aromatic carbocycles. The maximum atomic E-state index is 14.7. The van der Waals surface area contributed by atoms with Crippen LogP contribution >= 0.6 is 11.3 Å². The summed E-state index contributed by atoms with van der Waals surface area (Å²) in [5.74, 6) is -2.75. The molecule has 0 aliphatic heterocycles. The molecule has 2 saturated carbocycles. The first kappa shape index (κ1) is 18.5. The SMILES string of the molecule is Cc1c(C23CCCC2C3(F)F)sc2[nH]c(-c3cc(C)c4ncnn4c3)c(C(C)C)c12. The average molecular weight is 427 g/mol. The molecule has 4 aromatic heterocycles. The molecule has 0 bridgehead atoms. The minimum atomic E-state index is -2.55. The number of thiophene rings is 1. The van der Waals surface area contributed by atoms with Crippen molar-refractivity contribution in [2.45, 2.75) is 64.2 Å². The van der Waals surface area contributed by atoms with Gasteiger partial charge in [0, 0.05) is 27.9 Å². The van der Waals surface area contributed by atoms with Crippen LogP contribution in [0.5, 0.6) is 0 Å². The van der Waals surface area contributed by atoms with E-state index in [0.29, 0.717) is 12.8 Å². The zero-order valence-corrected chi connectivity index (χ0v) is 18.3. The Bertz CT molecular complexity index is 1330. The van der Waals surface area contributed by atoms with Crippen LogP contribution in [0.1, 0.15) is 60.6 Å². The number of nitrogens with one attached hydrogen (secondary N) is 1. The number of halogens is 2. The van der Waals surface area contributed by atoms with Gasteiger partial charge in [-0.05, 0) is 55.4 Å². The van der Waals surface area contributed by atoms with Crippen molar-refractivity contribution in [1.29, 1.82) is 0 Å². The van der Waals surface area contributed by atoms with Gasteiger partial charge in [-0.1, -0.05) is 20.3 Å². The van der Waals surface area contributed by atoms with Gasteiger partial charge in [0.2, 0.25) is 0 Å². The van der Waals surface area contributed by atoms with E-state index < -0.39 is 17.3 Å². The van der Waals surface area contributed by atoms with Crippen LogP contribution < -0.4 is 0 Å². The summed E-state index contributed by atoms with van der Waals surface area (Å²) in [6.45, 7) is 8.42. The molecule has 6 rings (SSSR count). The molecule has 2 aliphatic rings. The smallest absolute Gasteiger partial charge is 0.262 e. The van der Waals surface area contributed by atoms with E-state index in [-0.39, 0.29) is 5.92 Å². The summed E-state index contributed by atoms with van der Waals surface area (Å²) in [7, 11) is 0. The standard InChI is InChI=1S/C23H24F2N4S/c1-11(2)16-17-13(4)19(22-7-5-6-15(22)23(22,24)25)30-21(17)28-18(16)14-8-12(3)20-26-10-27-29(20)9-14/h8-11,15,28H,5-7H2,1-4H3. The van der Waals surface area contributed by atoms with Crippen LogP contribution in [-0.4, -0.2) is 25.5 Å². The minimum Gasteiger partial charge on any atom is -0.346 e. The van der Waals surface area contributed by atoms with E-state index in [2.05, 4.69) is 35.0 Å². The zero-order valence-electron chi connectivity index (χ0n) is 17.5. The second-order valence-electron chi connectivity index (χ2n) is 9.31. The summed E-state index contributed by atoms with van der Waals surface area (Å²) >= 11 is 1.55. The Labute approximate surface area is 177 Å². The van der Waals surface area contributed by atoms with Gasteiger partial charge in [-0.2, -0.15) is 5.10 Å². The Morgan fingerprint density at radius 3 is 2.80 bits per heavy atom. The molecule has 2 atom stereocenters. The Kier molecular flexibility index (Phi) is 3.51. The Morgan fingerprint density at radius 1 is 1.30 bits per heavy atom. The van der Waals surface area contributed by atoms with Gasteiger partial charge in [0.15, 0.2) is 5.65 Å². The highest BCUT2D eigenvalue weighted by Crippen LogP contribution is 2.76. The molecule has 0 saturated heterocycles. The molecule has 1 N–H and O–H groups in total. The summed E-state index contributed by atoms with van der Waals surface area (Å²) in [6, 6.07) is 2.13. The van der Waals surface area contributed by atoms with Crippen LogP contribution in [0, 0.1) is 19.8 Å². The van der Waals surface area contributed by atoms with Gasteiger partial charge in [-0.15, -0.1) is 11.3 Å². The summed E-state index contributed by atoms with van der Waals surface area (Å²) < 4.78 is 31.3. The molecule has 156 valence electrons. The molecule has 4 heterocycles. The number of alkyl halides is 2. The fraction of sp³-hybridized carbons (Fsp3) is 0.478. The number of hydrogen-bond acceptors (Lipinski definition) is 3. The van der Waals surface area contributed by atoms with E-state index in [1.807, 2.05) is 20.0 Å². The molecule has 4 nitrogen and oxygen atoms in total. The molecule has 2 aliphatic carbocycles. The average Bonchev–Trinajstić information content (AvgIpc) is 3.30. The zero-order chi connectivity index (χ0) is 21.0. The molecule has 2 fully saturated rings. The van der Waals surface area contributed by atoms with E-state index >= 15 is 0 Å². The highest BCUT2D eigenvalue weighted by molar-refractivity contribution is 7.19. The Morgan fingerprint density at radius 2 is 2.10 bits per heavy atom. The number of aromatic amines is 1. The third-order valence-corrected chi connectivity index (χ3v) is 8.75. The lowest BCUT2D eigenvalue weighted by Gasteiger charge is -2.15. The number of pyridine rings is 1. The van der Waals surface area contributed by atoms with Crippen molar-refractivity contribution >= 4 is 27.2 Å². The third-order valence-electron chi connectivity index (χ3n) is 7.36. The van der Waals surface area contributed by atoms with Crippen LogP contribution in [0.15, 0.2) is 18.6 Å². The monoisotopic (exact) mass is 426 g/mol. The molecule has 7 heteroatoms. The molecule has 0 amide bonds. The van der Waals surface area contributed by atoms with Crippen molar-refractivity contribution in [1.82, 2.24) is 19.6 Å². The van der Waals surface area contributed by atoms with Gasteiger partial charge in [-0.3, -0.25) is 0 Å². The van der Waals surface area contributed by atoms with E-state index in [1.165, 1.54) is 5.56 Å². The summed E-state index contributed by atoms with van der Waals surface area (Å²) in [5, 5.41) is 5.45. The van der Waals surface area contributed by atoms with Gasteiger partial charge < -0.3 is 4.98 Å². The number of H-pyrrole nitrogens is 1. The molecule has 0 radical (unpaired) electrons. The molecule has 4 aromatic rings. The lowest BCUT2D eigenvalue weighted by molar-refractivity contribution is 0.0645. The lowest BCUT2D eigenvalue weighted by Crippen LogP contribution is -2.15. The maximum Gasteiger partial charge on any atom is 0.262 e. The maximum absolute atomic E-state index is 14.7. The number of rotatable bonds is 3. The van der Waals surface area contributed by atoms with Crippen molar-refractivity contribution in [2.75, 3.05) is 0 Å². The van der Waals surface area contributed by atoms with Crippen LogP contribution in [0.25, 0.3) is 27.1 Å². The van der Waals surface area contributed by atoms with E-state index in [1.54, 1.807) is 22.2 Å². The second kappa shape index (κ2) is 5.69. The number of aromatic nitrogens is 4. The predicted octanol–water partition coefficient (Wildman–Crippen LogP) is 6.37. The van der Waals surface area contributed by atoms with Gasteiger partial charge in [-0.25, -0.2) is 18.3 Å². The summed E-state index contributed by atoms with van der Waals surface area (Å²) in [5.41, 5.74) is 5.35. The first-order valence-corrected chi connectivity index (χ1v) is 11.4. The van der Waals surface area contributed by atoms with Crippen molar-refractivity contribution < 1.29 is 8.78 Å².